The van der Waals surface area contributed by atoms with Gasteiger partial charge in [-0.15, -0.1) is 0 Å². The molecule has 0 bridgehead atoms. The van der Waals surface area contributed by atoms with Crippen LogP contribution in [0.3, 0.4) is 0 Å². The Morgan fingerprint density at radius 3 is 2.82 bits per heavy atom. The van der Waals surface area contributed by atoms with Gasteiger partial charge in [-0.05, 0) is 49.2 Å². The second kappa shape index (κ2) is 7.12. The van der Waals surface area contributed by atoms with Crippen molar-refractivity contribution in [3.05, 3.63) is 59.9 Å². The number of hydrogen-bond donors (Lipinski definition) is 1. The third-order valence-corrected chi connectivity index (χ3v) is 5.42. The van der Waals surface area contributed by atoms with Gasteiger partial charge >= 0.3 is 0 Å². The standard InChI is InChI=1S/C20H18N6OS/c27-20(14-6-7-16-18(11-14)25-28-24-16)22-9-10-26-19(13-4-5-13)12-17(23-26)15-3-1-2-8-21-15/h1-3,6-8,11-13H,4-5,9-10H2,(H,22,27). The first-order chi connectivity index (χ1) is 13.8. The van der Waals surface area contributed by atoms with Gasteiger partial charge in [-0.3, -0.25) is 14.5 Å². The monoisotopic (exact) mass is 390 g/mol. The molecular weight excluding hydrogens is 372 g/mol. The van der Waals surface area contributed by atoms with E-state index in [0.717, 1.165) is 34.1 Å². The van der Waals surface area contributed by atoms with Gasteiger partial charge in [-0.25, -0.2) is 0 Å². The Balaban J connectivity index is 1.28. The van der Waals surface area contributed by atoms with Gasteiger partial charge in [0, 0.05) is 29.9 Å². The van der Waals surface area contributed by atoms with Crippen molar-refractivity contribution in [3.8, 4) is 11.4 Å². The number of hydrogen-bond acceptors (Lipinski definition) is 6. The first-order valence-corrected chi connectivity index (χ1v) is 10.0. The summed E-state index contributed by atoms with van der Waals surface area (Å²) in [7, 11) is 0. The molecule has 1 aromatic carbocycles. The smallest absolute Gasteiger partial charge is 0.251 e. The molecule has 8 heteroatoms. The van der Waals surface area contributed by atoms with E-state index in [9.17, 15) is 4.79 Å². The van der Waals surface area contributed by atoms with Gasteiger partial charge in [0.05, 0.1) is 24.0 Å². The number of rotatable bonds is 6. The molecule has 3 aromatic heterocycles. The molecule has 0 spiro atoms. The molecule has 1 N–H and O–H groups in total. The molecular formula is C20H18N6OS. The van der Waals surface area contributed by atoms with E-state index in [1.165, 1.54) is 18.5 Å². The van der Waals surface area contributed by atoms with Crippen LogP contribution < -0.4 is 5.32 Å². The minimum absolute atomic E-state index is 0.111. The van der Waals surface area contributed by atoms with E-state index in [2.05, 4.69) is 25.1 Å². The maximum Gasteiger partial charge on any atom is 0.251 e. The molecule has 3 heterocycles. The Kier molecular flexibility index (Phi) is 4.32. The Hall–Kier alpha value is -3.13. The van der Waals surface area contributed by atoms with E-state index < -0.39 is 0 Å². The van der Waals surface area contributed by atoms with Crippen LogP contribution in [-0.4, -0.2) is 36.0 Å². The lowest BCUT2D eigenvalue weighted by Crippen LogP contribution is -2.27. The zero-order valence-corrected chi connectivity index (χ0v) is 15.9. The minimum Gasteiger partial charge on any atom is -0.350 e. The molecule has 0 aliphatic heterocycles. The van der Waals surface area contributed by atoms with Crippen LogP contribution in [0.1, 0.15) is 34.8 Å². The molecule has 1 aliphatic carbocycles. The number of amides is 1. The third-order valence-electron chi connectivity index (χ3n) is 4.86. The highest BCUT2D eigenvalue weighted by atomic mass is 32.1. The molecule has 1 amide bonds. The highest BCUT2D eigenvalue weighted by Gasteiger charge is 2.28. The van der Waals surface area contributed by atoms with Crippen LogP contribution in [0, 0.1) is 0 Å². The largest absolute Gasteiger partial charge is 0.350 e. The fourth-order valence-electron chi connectivity index (χ4n) is 3.26. The maximum atomic E-state index is 12.5. The molecule has 1 saturated carbocycles. The summed E-state index contributed by atoms with van der Waals surface area (Å²) >= 11 is 1.15. The molecule has 4 aromatic rings. The van der Waals surface area contributed by atoms with Crippen molar-refractivity contribution in [1.29, 1.82) is 0 Å². The molecule has 0 saturated heterocycles. The Morgan fingerprint density at radius 1 is 1.11 bits per heavy atom. The number of nitrogens with zero attached hydrogens (tertiary/aromatic N) is 5. The predicted octanol–water partition coefficient (Wildman–Crippen LogP) is 3.26. The minimum atomic E-state index is -0.111. The van der Waals surface area contributed by atoms with Crippen molar-refractivity contribution < 1.29 is 4.79 Å². The number of fused-ring (bicyclic) bond motifs is 1. The maximum absolute atomic E-state index is 12.5. The van der Waals surface area contributed by atoms with Crippen LogP contribution in [0.4, 0.5) is 0 Å². The van der Waals surface area contributed by atoms with Gasteiger partial charge in [0.15, 0.2) is 0 Å². The molecule has 1 fully saturated rings. The molecule has 5 rings (SSSR count). The van der Waals surface area contributed by atoms with Gasteiger partial charge in [-0.1, -0.05) is 6.07 Å². The first kappa shape index (κ1) is 17.0. The van der Waals surface area contributed by atoms with Crippen molar-refractivity contribution in [2.45, 2.75) is 25.3 Å². The second-order valence-electron chi connectivity index (χ2n) is 6.89. The fourth-order valence-corrected chi connectivity index (χ4v) is 3.78. The van der Waals surface area contributed by atoms with Gasteiger partial charge in [0.2, 0.25) is 0 Å². The van der Waals surface area contributed by atoms with E-state index in [1.807, 2.05) is 28.9 Å². The topological polar surface area (TPSA) is 85.6 Å². The van der Waals surface area contributed by atoms with Crippen molar-refractivity contribution >= 4 is 28.7 Å². The highest BCUT2D eigenvalue weighted by Crippen LogP contribution is 2.41. The molecule has 1 aliphatic rings. The van der Waals surface area contributed by atoms with Gasteiger partial charge < -0.3 is 5.32 Å². The number of nitrogens with one attached hydrogen (secondary N) is 1. The number of aromatic nitrogens is 5. The summed E-state index contributed by atoms with van der Waals surface area (Å²) in [6, 6.07) is 13.3. The van der Waals surface area contributed by atoms with Crippen LogP contribution in [0.15, 0.2) is 48.7 Å². The average Bonchev–Trinajstić information content (AvgIpc) is 3.31. The Morgan fingerprint density at radius 2 is 2.00 bits per heavy atom. The van der Waals surface area contributed by atoms with Gasteiger partial charge in [-0.2, -0.15) is 13.8 Å². The highest BCUT2D eigenvalue weighted by molar-refractivity contribution is 7.00. The predicted molar refractivity (Wildman–Crippen MR) is 107 cm³/mol. The van der Waals surface area contributed by atoms with Crippen molar-refractivity contribution in [2.24, 2.45) is 0 Å². The van der Waals surface area contributed by atoms with Gasteiger partial charge in [0.1, 0.15) is 16.7 Å². The fraction of sp³-hybridized carbons (Fsp3) is 0.250. The van der Waals surface area contributed by atoms with E-state index in [1.54, 1.807) is 18.3 Å². The number of benzene rings is 1. The number of carbonyl (C=O) groups is 1. The molecule has 140 valence electrons. The van der Waals surface area contributed by atoms with Crippen LogP contribution in [0.2, 0.25) is 0 Å². The molecule has 7 nitrogen and oxygen atoms in total. The van der Waals surface area contributed by atoms with Crippen molar-refractivity contribution in [3.63, 3.8) is 0 Å². The lowest BCUT2D eigenvalue weighted by molar-refractivity contribution is 0.0952. The van der Waals surface area contributed by atoms with Crippen LogP contribution in [0.5, 0.6) is 0 Å². The Bertz CT molecular complexity index is 1130. The average molecular weight is 390 g/mol. The molecule has 0 unspecified atom stereocenters. The number of pyridine rings is 1. The van der Waals surface area contributed by atoms with Crippen LogP contribution >= 0.6 is 11.7 Å². The summed E-state index contributed by atoms with van der Waals surface area (Å²) in [6.07, 6.45) is 4.17. The lowest BCUT2D eigenvalue weighted by atomic mass is 10.2. The van der Waals surface area contributed by atoms with E-state index in [-0.39, 0.29) is 5.91 Å². The summed E-state index contributed by atoms with van der Waals surface area (Å²) < 4.78 is 10.4. The zero-order chi connectivity index (χ0) is 18.9. The van der Waals surface area contributed by atoms with Gasteiger partial charge in [0.25, 0.3) is 5.91 Å². The second-order valence-corrected chi connectivity index (χ2v) is 7.42. The first-order valence-electron chi connectivity index (χ1n) is 9.27. The van der Waals surface area contributed by atoms with E-state index in [0.29, 0.717) is 24.6 Å². The van der Waals surface area contributed by atoms with E-state index >= 15 is 0 Å². The quantitative estimate of drug-likeness (QED) is 0.546. The summed E-state index contributed by atoms with van der Waals surface area (Å²) in [4.78, 5) is 16.9. The van der Waals surface area contributed by atoms with Crippen LogP contribution in [0.25, 0.3) is 22.4 Å². The van der Waals surface area contributed by atoms with Crippen LogP contribution in [-0.2, 0) is 6.54 Å². The van der Waals surface area contributed by atoms with Crippen molar-refractivity contribution in [2.75, 3.05) is 6.54 Å². The lowest BCUT2D eigenvalue weighted by Gasteiger charge is -2.08. The Labute approximate surface area is 165 Å². The third kappa shape index (κ3) is 3.38. The molecule has 28 heavy (non-hydrogen) atoms. The summed E-state index contributed by atoms with van der Waals surface area (Å²) in [5.74, 6) is 0.459. The molecule has 0 radical (unpaired) electrons. The number of carbonyl (C=O) groups excluding carboxylic acids is 1. The van der Waals surface area contributed by atoms with E-state index in [4.69, 9.17) is 5.10 Å². The SMILES string of the molecule is O=C(NCCn1nc(-c2ccccn2)cc1C1CC1)c1ccc2nsnc2c1. The summed E-state index contributed by atoms with van der Waals surface area (Å²) in [5, 5.41) is 7.71. The molecule has 0 atom stereocenters. The normalized spacial score (nSPS) is 13.7. The zero-order valence-electron chi connectivity index (χ0n) is 15.1. The summed E-state index contributed by atoms with van der Waals surface area (Å²) in [6.45, 7) is 1.14. The van der Waals surface area contributed by atoms with Crippen molar-refractivity contribution in [1.82, 2.24) is 28.8 Å². The summed E-state index contributed by atoms with van der Waals surface area (Å²) in [5.41, 5.74) is 5.14.